The van der Waals surface area contributed by atoms with Crippen LogP contribution in [0.2, 0.25) is 0 Å². The summed E-state index contributed by atoms with van der Waals surface area (Å²) in [6, 6.07) is 9.55. The first-order valence-electron chi connectivity index (χ1n) is 6.11. The molecular formula is C14H22N2O. The second kappa shape index (κ2) is 6.40. The second-order valence-corrected chi connectivity index (χ2v) is 4.92. The molecule has 0 radical (unpaired) electrons. The number of anilines is 1. The van der Waals surface area contributed by atoms with Gasteiger partial charge in [0.15, 0.2) is 0 Å². The van der Waals surface area contributed by atoms with Crippen LogP contribution in [0.4, 0.5) is 5.69 Å². The van der Waals surface area contributed by atoms with Gasteiger partial charge in [-0.3, -0.25) is 4.79 Å². The lowest BCUT2D eigenvalue weighted by Crippen LogP contribution is -2.35. The fourth-order valence-electron chi connectivity index (χ4n) is 1.82. The maximum absolute atomic E-state index is 11.8. The van der Waals surface area contributed by atoms with Gasteiger partial charge in [-0.1, -0.05) is 39.0 Å². The van der Waals surface area contributed by atoms with E-state index in [1.807, 2.05) is 37.3 Å². The lowest BCUT2D eigenvalue weighted by molar-refractivity contribution is -0.117. The molecule has 94 valence electrons. The van der Waals surface area contributed by atoms with Crippen LogP contribution in [0.1, 0.15) is 27.2 Å². The molecule has 0 aliphatic carbocycles. The molecule has 17 heavy (non-hydrogen) atoms. The first kappa shape index (κ1) is 13.7. The first-order valence-corrected chi connectivity index (χ1v) is 6.11. The molecule has 1 aromatic carbocycles. The van der Waals surface area contributed by atoms with Gasteiger partial charge < -0.3 is 11.1 Å². The molecule has 0 saturated heterocycles. The number of nitrogens with two attached hydrogens (primary N) is 1. The minimum absolute atomic E-state index is 0.0276. The highest BCUT2D eigenvalue weighted by Crippen LogP contribution is 2.15. The summed E-state index contributed by atoms with van der Waals surface area (Å²) < 4.78 is 0. The Morgan fingerprint density at radius 3 is 2.35 bits per heavy atom. The van der Waals surface area contributed by atoms with Gasteiger partial charge in [0, 0.05) is 18.2 Å². The molecule has 0 saturated carbocycles. The Morgan fingerprint density at radius 1 is 1.24 bits per heavy atom. The molecule has 0 unspecified atom stereocenters. The van der Waals surface area contributed by atoms with Crippen LogP contribution in [0.5, 0.6) is 0 Å². The summed E-state index contributed by atoms with van der Waals surface area (Å²) in [6.45, 7) is 6.18. The third-order valence-corrected chi connectivity index (χ3v) is 2.99. The molecule has 0 aliphatic heterocycles. The Kier molecular flexibility index (Phi) is 5.16. The Hall–Kier alpha value is -1.35. The number of amides is 1. The van der Waals surface area contributed by atoms with E-state index in [0.29, 0.717) is 12.3 Å². The highest BCUT2D eigenvalue weighted by Gasteiger charge is 2.19. The molecule has 0 heterocycles. The van der Waals surface area contributed by atoms with Gasteiger partial charge in [-0.25, -0.2) is 0 Å². The van der Waals surface area contributed by atoms with E-state index in [4.69, 9.17) is 5.73 Å². The zero-order valence-corrected chi connectivity index (χ0v) is 10.8. The molecule has 1 aromatic rings. The van der Waals surface area contributed by atoms with Gasteiger partial charge in [0.1, 0.15) is 0 Å². The smallest absolute Gasteiger partial charge is 0.224 e. The number of rotatable bonds is 5. The van der Waals surface area contributed by atoms with E-state index in [0.717, 1.165) is 5.69 Å². The summed E-state index contributed by atoms with van der Waals surface area (Å²) in [5.74, 6) is 0.619. The third kappa shape index (κ3) is 4.57. The van der Waals surface area contributed by atoms with Gasteiger partial charge in [-0.05, 0) is 24.0 Å². The summed E-state index contributed by atoms with van der Waals surface area (Å²) >= 11 is 0. The average molecular weight is 234 g/mol. The second-order valence-electron chi connectivity index (χ2n) is 4.92. The van der Waals surface area contributed by atoms with E-state index in [-0.39, 0.29) is 17.9 Å². The lowest BCUT2D eigenvalue weighted by atomic mass is 9.90. The van der Waals surface area contributed by atoms with E-state index in [9.17, 15) is 4.79 Å². The highest BCUT2D eigenvalue weighted by atomic mass is 16.1. The van der Waals surface area contributed by atoms with Crippen molar-refractivity contribution in [1.29, 1.82) is 0 Å². The van der Waals surface area contributed by atoms with Crippen molar-refractivity contribution in [2.45, 2.75) is 33.2 Å². The lowest BCUT2D eigenvalue weighted by Gasteiger charge is -2.22. The van der Waals surface area contributed by atoms with E-state index in [2.05, 4.69) is 19.2 Å². The van der Waals surface area contributed by atoms with Gasteiger partial charge in [0.2, 0.25) is 5.91 Å². The van der Waals surface area contributed by atoms with Crippen molar-refractivity contribution in [3.05, 3.63) is 30.3 Å². The van der Waals surface area contributed by atoms with Crippen LogP contribution in [0, 0.1) is 11.8 Å². The Bertz CT molecular complexity index is 348. The predicted octanol–water partition coefficient (Wildman–Crippen LogP) is 2.63. The fourth-order valence-corrected chi connectivity index (χ4v) is 1.82. The zero-order valence-electron chi connectivity index (χ0n) is 10.8. The van der Waals surface area contributed by atoms with Crippen LogP contribution in [-0.2, 0) is 4.79 Å². The van der Waals surface area contributed by atoms with Gasteiger partial charge in [0.25, 0.3) is 0 Å². The van der Waals surface area contributed by atoms with Gasteiger partial charge in [-0.2, -0.15) is 0 Å². The largest absolute Gasteiger partial charge is 0.327 e. The van der Waals surface area contributed by atoms with Crippen molar-refractivity contribution in [2.75, 3.05) is 5.32 Å². The number of carbonyl (C=O) groups excluding carboxylic acids is 1. The number of para-hydroxylation sites is 1. The monoisotopic (exact) mass is 234 g/mol. The summed E-state index contributed by atoms with van der Waals surface area (Å²) in [4.78, 5) is 11.8. The van der Waals surface area contributed by atoms with Crippen LogP contribution in [-0.4, -0.2) is 11.9 Å². The molecule has 1 rings (SSSR count). The van der Waals surface area contributed by atoms with Crippen LogP contribution in [0.3, 0.4) is 0 Å². The maximum Gasteiger partial charge on any atom is 0.224 e. The van der Waals surface area contributed by atoms with Crippen LogP contribution >= 0.6 is 0 Å². The molecule has 0 aliphatic rings. The molecule has 2 atom stereocenters. The van der Waals surface area contributed by atoms with Gasteiger partial charge >= 0.3 is 0 Å². The Labute approximate surface area is 103 Å². The van der Waals surface area contributed by atoms with Gasteiger partial charge in [0.05, 0.1) is 0 Å². The summed E-state index contributed by atoms with van der Waals surface area (Å²) in [7, 11) is 0. The highest BCUT2D eigenvalue weighted by molar-refractivity contribution is 5.90. The van der Waals surface area contributed by atoms with Gasteiger partial charge in [-0.15, -0.1) is 0 Å². The van der Waals surface area contributed by atoms with Crippen LogP contribution in [0.25, 0.3) is 0 Å². The van der Waals surface area contributed by atoms with Crippen molar-refractivity contribution in [1.82, 2.24) is 0 Å². The molecule has 0 fully saturated rings. The number of benzene rings is 1. The van der Waals surface area contributed by atoms with Crippen molar-refractivity contribution in [3.8, 4) is 0 Å². The topological polar surface area (TPSA) is 55.1 Å². The summed E-state index contributed by atoms with van der Waals surface area (Å²) in [5.41, 5.74) is 6.86. The molecule has 0 spiro atoms. The molecule has 1 amide bonds. The molecule has 3 nitrogen and oxygen atoms in total. The molecule has 3 N–H and O–H groups in total. The Balaban J connectivity index is 2.45. The number of hydrogen-bond donors (Lipinski definition) is 2. The Morgan fingerprint density at radius 2 is 1.82 bits per heavy atom. The average Bonchev–Trinajstić information content (AvgIpc) is 2.28. The maximum atomic E-state index is 11.8. The van der Waals surface area contributed by atoms with E-state index >= 15 is 0 Å². The van der Waals surface area contributed by atoms with Crippen molar-refractivity contribution in [2.24, 2.45) is 17.6 Å². The molecule has 3 heteroatoms. The summed E-state index contributed by atoms with van der Waals surface area (Å²) in [5, 5.41) is 2.87. The van der Waals surface area contributed by atoms with Crippen molar-refractivity contribution in [3.63, 3.8) is 0 Å². The van der Waals surface area contributed by atoms with Crippen LogP contribution < -0.4 is 11.1 Å². The molecule has 0 aromatic heterocycles. The zero-order chi connectivity index (χ0) is 12.8. The predicted molar refractivity (Wildman–Crippen MR) is 71.7 cm³/mol. The molecular weight excluding hydrogens is 212 g/mol. The fraction of sp³-hybridized carbons (Fsp3) is 0.500. The normalized spacial score (nSPS) is 14.4. The first-order chi connectivity index (χ1) is 8.00. The quantitative estimate of drug-likeness (QED) is 0.823. The van der Waals surface area contributed by atoms with Crippen molar-refractivity contribution >= 4 is 11.6 Å². The number of nitrogens with one attached hydrogen (secondary N) is 1. The number of carbonyl (C=O) groups is 1. The van der Waals surface area contributed by atoms with E-state index in [1.165, 1.54) is 0 Å². The third-order valence-electron chi connectivity index (χ3n) is 2.99. The van der Waals surface area contributed by atoms with E-state index < -0.39 is 0 Å². The number of hydrogen-bond acceptors (Lipinski definition) is 2. The van der Waals surface area contributed by atoms with Crippen molar-refractivity contribution < 1.29 is 4.79 Å². The summed E-state index contributed by atoms with van der Waals surface area (Å²) in [6.07, 6.45) is 0.467. The SMILES string of the molecule is CC(C)[C@@H](N)[C@@H](C)CC(=O)Nc1ccccc1. The van der Waals surface area contributed by atoms with E-state index in [1.54, 1.807) is 0 Å². The molecule has 0 bridgehead atoms. The standard InChI is InChI=1S/C14H22N2O/c1-10(2)14(15)11(3)9-13(17)16-12-7-5-4-6-8-12/h4-8,10-11,14H,9,15H2,1-3H3,(H,16,17)/t11-,14+/m0/s1. The van der Waals surface area contributed by atoms with Crippen LogP contribution in [0.15, 0.2) is 30.3 Å². The minimum atomic E-state index is 0.0276. The minimum Gasteiger partial charge on any atom is -0.327 e.